The van der Waals surface area contributed by atoms with E-state index in [0.717, 1.165) is 46.1 Å². The number of aliphatic hydroxyl groups is 2. The van der Waals surface area contributed by atoms with E-state index in [1.807, 2.05) is 24.3 Å². The molecule has 5 nitrogen and oxygen atoms in total. The number of hydrogen-bond donors (Lipinski definition) is 2. The summed E-state index contributed by atoms with van der Waals surface area (Å²) in [6.07, 6.45) is 2.51. The minimum atomic E-state index is -1.36. The second-order valence-corrected chi connectivity index (χ2v) is 7.98. The predicted molar refractivity (Wildman–Crippen MR) is 114 cm³/mol. The molecule has 1 fully saturated rings. The molecule has 0 amide bonds. The number of pyridine rings is 1. The van der Waals surface area contributed by atoms with Crippen molar-refractivity contribution < 1.29 is 54.1 Å². The van der Waals surface area contributed by atoms with Crippen LogP contribution in [-0.4, -0.2) is 33.4 Å². The summed E-state index contributed by atoms with van der Waals surface area (Å²) >= 11 is 0. The number of rotatable bonds is 8. The number of nitrogens with zero attached hydrogens (tertiary/aromatic N) is 1. The van der Waals surface area contributed by atoms with Crippen LogP contribution in [-0.2, 0) is 4.79 Å². The van der Waals surface area contributed by atoms with Crippen molar-refractivity contribution >= 4 is 22.9 Å². The van der Waals surface area contributed by atoms with Crippen LogP contribution in [0.3, 0.4) is 0 Å². The van der Waals surface area contributed by atoms with E-state index in [-0.39, 0.29) is 41.8 Å². The van der Waals surface area contributed by atoms with Crippen molar-refractivity contribution in [2.75, 3.05) is 0 Å². The number of halogens is 1. The van der Waals surface area contributed by atoms with Gasteiger partial charge in [0.15, 0.2) is 0 Å². The fraction of sp³-hybridized carbons (Fsp3) is 0.280. The number of carboxylic acids is 1. The topological polar surface area (TPSA) is 93.5 Å². The van der Waals surface area contributed by atoms with Crippen molar-refractivity contribution in [1.82, 2.24) is 4.98 Å². The number of benzene rings is 2. The molecule has 0 saturated heterocycles. The van der Waals surface area contributed by atoms with Crippen LogP contribution in [0.1, 0.15) is 42.9 Å². The van der Waals surface area contributed by atoms with E-state index >= 15 is 0 Å². The molecule has 160 valence electrons. The van der Waals surface area contributed by atoms with Gasteiger partial charge in [0.25, 0.3) is 0 Å². The predicted octanol–water partition coefficient (Wildman–Crippen LogP) is 0.187. The number of aliphatic hydroxyl groups excluding tert-OH is 2. The molecule has 1 aromatic heterocycles. The molecule has 3 aromatic rings. The number of aliphatic carboxylic acids is 1. The quantitative estimate of drug-likeness (QED) is 0.485. The van der Waals surface area contributed by atoms with E-state index in [1.165, 1.54) is 12.1 Å². The zero-order chi connectivity index (χ0) is 22.0. The van der Waals surface area contributed by atoms with Gasteiger partial charge in [-0.05, 0) is 36.6 Å². The first-order valence-electron chi connectivity index (χ1n) is 10.3. The molecule has 7 heteroatoms. The molecule has 0 spiro atoms. The summed E-state index contributed by atoms with van der Waals surface area (Å²) < 4.78 is 13.6. The first-order valence-corrected chi connectivity index (χ1v) is 10.3. The molecule has 1 heterocycles. The second-order valence-electron chi connectivity index (χ2n) is 7.98. The number of carboxylic acid groups (broad SMARTS) is 1. The molecule has 0 unspecified atom stereocenters. The second kappa shape index (κ2) is 10.7. The van der Waals surface area contributed by atoms with E-state index in [9.17, 15) is 24.5 Å². The van der Waals surface area contributed by atoms with Crippen LogP contribution in [0.4, 0.5) is 4.39 Å². The normalized spacial score (nSPS) is 15.5. The van der Waals surface area contributed by atoms with Crippen LogP contribution in [0.2, 0.25) is 0 Å². The molecule has 0 radical (unpaired) electrons. The van der Waals surface area contributed by atoms with Gasteiger partial charge >= 0.3 is 29.6 Å². The van der Waals surface area contributed by atoms with Crippen LogP contribution in [0.25, 0.3) is 28.1 Å². The number of hydrogen-bond acceptors (Lipinski definition) is 5. The molecule has 32 heavy (non-hydrogen) atoms. The monoisotopic (exact) mass is 443 g/mol. The largest absolute Gasteiger partial charge is 1.00 e. The Morgan fingerprint density at radius 2 is 1.84 bits per heavy atom. The molecule has 1 saturated carbocycles. The third-order valence-electron chi connectivity index (χ3n) is 5.46. The maximum atomic E-state index is 13.6. The van der Waals surface area contributed by atoms with Gasteiger partial charge < -0.3 is 20.1 Å². The summed E-state index contributed by atoms with van der Waals surface area (Å²) in [5, 5.41) is 31.7. The summed E-state index contributed by atoms with van der Waals surface area (Å²) in [6, 6.07) is 14.1. The number of fused-ring (bicyclic) bond motifs is 1. The number of carbonyl (C=O) groups excluding carboxylic acids is 1. The van der Waals surface area contributed by atoms with Gasteiger partial charge in [-0.15, -0.1) is 0 Å². The summed E-state index contributed by atoms with van der Waals surface area (Å²) in [5.41, 5.74) is 4.38. The van der Waals surface area contributed by atoms with Gasteiger partial charge in [0.2, 0.25) is 0 Å². The molecule has 1 aliphatic rings. The Hall–Kier alpha value is -2.09. The maximum absolute atomic E-state index is 13.6. The molecule has 4 rings (SSSR count). The van der Waals surface area contributed by atoms with Crippen molar-refractivity contribution in [3.63, 3.8) is 0 Å². The van der Waals surface area contributed by atoms with Gasteiger partial charge in [-0.1, -0.05) is 42.5 Å². The van der Waals surface area contributed by atoms with E-state index in [1.54, 1.807) is 24.3 Å². The Balaban J connectivity index is 0.00000289. The molecule has 2 N–H and O–H groups in total. The van der Waals surface area contributed by atoms with Crippen LogP contribution >= 0.6 is 0 Å². The first-order chi connectivity index (χ1) is 14.9. The van der Waals surface area contributed by atoms with Crippen molar-refractivity contribution in [3.05, 3.63) is 71.7 Å². The van der Waals surface area contributed by atoms with Gasteiger partial charge in [0.1, 0.15) is 5.82 Å². The summed E-state index contributed by atoms with van der Waals surface area (Å²) in [7, 11) is 0. The Labute approximate surface area is 207 Å². The fourth-order valence-corrected chi connectivity index (χ4v) is 3.85. The van der Waals surface area contributed by atoms with Crippen molar-refractivity contribution in [2.24, 2.45) is 0 Å². The van der Waals surface area contributed by atoms with E-state index in [4.69, 9.17) is 4.98 Å². The van der Waals surface area contributed by atoms with Crippen LogP contribution in [0, 0.1) is 5.82 Å². The van der Waals surface area contributed by atoms with Crippen LogP contribution in [0.15, 0.2) is 54.6 Å². The van der Waals surface area contributed by atoms with Crippen molar-refractivity contribution in [2.45, 2.75) is 43.8 Å². The molecule has 0 aliphatic heterocycles. The average molecular weight is 443 g/mol. The van der Waals surface area contributed by atoms with Gasteiger partial charge in [-0.3, -0.25) is 4.98 Å². The summed E-state index contributed by atoms with van der Waals surface area (Å²) in [4.78, 5) is 15.5. The third-order valence-corrected chi connectivity index (χ3v) is 5.46. The minimum absolute atomic E-state index is 0. The average Bonchev–Trinajstić information content (AvgIpc) is 3.56. The van der Waals surface area contributed by atoms with E-state index < -0.39 is 24.6 Å². The molecule has 1 aliphatic carbocycles. The first kappa shape index (κ1) is 24.6. The number of carbonyl (C=O) groups is 1. The molecular weight excluding hydrogens is 420 g/mol. The van der Waals surface area contributed by atoms with Gasteiger partial charge in [-0.2, -0.15) is 0 Å². The Morgan fingerprint density at radius 1 is 1.16 bits per heavy atom. The van der Waals surface area contributed by atoms with Gasteiger partial charge in [-0.25, -0.2) is 4.39 Å². The van der Waals surface area contributed by atoms with Gasteiger partial charge in [0.05, 0.1) is 23.4 Å². The Bertz CT molecular complexity index is 1130. The number of aromatic nitrogens is 1. The summed E-state index contributed by atoms with van der Waals surface area (Å²) in [6.45, 7) is 0. The van der Waals surface area contributed by atoms with E-state index in [0.29, 0.717) is 5.92 Å². The molecule has 0 bridgehead atoms. The van der Waals surface area contributed by atoms with Crippen molar-refractivity contribution in [1.29, 1.82) is 0 Å². The fourth-order valence-electron chi connectivity index (χ4n) is 3.85. The molecule has 2 atom stereocenters. The van der Waals surface area contributed by atoms with Crippen molar-refractivity contribution in [3.8, 4) is 11.1 Å². The Kier molecular flexibility index (Phi) is 8.20. The standard InChI is InChI=1S/C25H24FNO4.Na/c26-17-9-7-15(8-10-17)24-20-3-1-2-4-22(20)27-25(16-5-6-16)21(24)12-11-18(28)13-19(29)14-23(30)31;/h1-4,7-12,16,18-19,28-29H,5-6,13-14H2,(H,30,31);/q;+1/p-1/b12-11+;/t18-,19-;/m1./s1. The van der Waals surface area contributed by atoms with Gasteiger partial charge in [0, 0.05) is 41.2 Å². The number of para-hydroxylation sites is 1. The Morgan fingerprint density at radius 3 is 2.50 bits per heavy atom. The molecule has 2 aromatic carbocycles. The SMILES string of the molecule is O=C([O-])C[C@H](O)C[C@H](O)/C=C/c1c(C2CC2)nc2ccccc2c1-c1ccc(F)cc1.[Na+]. The maximum Gasteiger partial charge on any atom is 1.00 e. The summed E-state index contributed by atoms with van der Waals surface area (Å²) in [5.74, 6) is -1.36. The zero-order valence-electron chi connectivity index (χ0n) is 17.9. The molecular formula is C25H23FNNaO4. The van der Waals surface area contributed by atoms with Crippen LogP contribution in [0.5, 0.6) is 0 Å². The smallest absolute Gasteiger partial charge is 0.550 e. The minimum Gasteiger partial charge on any atom is -0.550 e. The third kappa shape index (κ3) is 5.82. The van der Waals surface area contributed by atoms with E-state index in [2.05, 4.69) is 0 Å². The zero-order valence-corrected chi connectivity index (χ0v) is 19.9. The van der Waals surface area contributed by atoms with Crippen LogP contribution < -0.4 is 34.7 Å².